The van der Waals surface area contributed by atoms with E-state index in [2.05, 4.69) is 15.0 Å². The summed E-state index contributed by atoms with van der Waals surface area (Å²) in [6.45, 7) is 0. The number of benzene rings is 2. The van der Waals surface area contributed by atoms with Crippen LogP contribution in [0.2, 0.25) is 0 Å². The normalized spacial score (nSPS) is 11.2. The van der Waals surface area contributed by atoms with Crippen molar-refractivity contribution in [3.63, 3.8) is 0 Å². The summed E-state index contributed by atoms with van der Waals surface area (Å²) in [5.74, 6) is -0.197. The highest BCUT2D eigenvalue weighted by atomic mass is 32.2. The molecule has 0 saturated carbocycles. The van der Waals surface area contributed by atoms with E-state index in [1.165, 1.54) is 6.07 Å². The van der Waals surface area contributed by atoms with Gasteiger partial charge in [0.15, 0.2) is 0 Å². The van der Waals surface area contributed by atoms with Crippen molar-refractivity contribution in [2.45, 2.75) is 17.1 Å². The molecule has 7 nitrogen and oxygen atoms in total. The highest BCUT2D eigenvalue weighted by Gasteiger charge is 2.17. The molecule has 3 N–H and O–H groups in total. The molecule has 0 unspecified atom stereocenters. The Morgan fingerprint density at radius 3 is 2.44 bits per heavy atom. The zero-order chi connectivity index (χ0) is 22.6. The van der Waals surface area contributed by atoms with Crippen LogP contribution in [0.3, 0.4) is 0 Å². The van der Waals surface area contributed by atoms with Gasteiger partial charge in [-0.3, -0.25) is 14.3 Å². The predicted octanol–water partition coefficient (Wildman–Crippen LogP) is 4.54. The fourth-order valence-electron chi connectivity index (χ4n) is 3.08. The number of H-pyrrole nitrogens is 1. The molecule has 10 heteroatoms. The summed E-state index contributed by atoms with van der Waals surface area (Å²) in [5, 5.41) is 6.16. The SMILES string of the molecule is O=C(CCc1ccccc1)Nc1cc(NS(=O)(=O)c2cccs2)cc(-c2csc(=O)[nH]2)c1. The number of aryl methyl sites for hydroxylation is 1. The first-order valence-corrected chi connectivity index (χ1v) is 12.9. The third kappa shape index (κ3) is 5.52. The van der Waals surface area contributed by atoms with E-state index >= 15 is 0 Å². The van der Waals surface area contributed by atoms with Crippen molar-refractivity contribution in [3.05, 3.63) is 86.7 Å². The number of aromatic nitrogens is 1. The number of sulfonamides is 1. The molecule has 0 aliphatic rings. The molecule has 0 aliphatic heterocycles. The summed E-state index contributed by atoms with van der Waals surface area (Å²) in [6, 6.07) is 17.7. The molecule has 4 aromatic rings. The molecule has 0 fully saturated rings. The van der Waals surface area contributed by atoms with Crippen molar-refractivity contribution >= 4 is 50.0 Å². The van der Waals surface area contributed by atoms with Crippen molar-refractivity contribution in [2.24, 2.45) is 0 Å². The molecule has 32 heavy (non-hydrogen) atoms. The smallest absolute Gasteiger partial charge is 0.304 e. The Bertz CT molecular complexity index is 1380. The Morgan fingerprint density at radius 1 is 0.969 bits per heavy atom. The molecule has 0 atom stereocenters. The zero-order valence-corrected chi connectivity index (χ0v) is 19.1. The van der Waals surface area contributed by atoms with E-state index in [0.717, 1.165) is 28.2 Å². The summed E-state index contributed by atoms with van der Waals surface area (Å²) in [5.41, 5.74) is 2.87. The number of anilines is 2. The molecule has 0 radical (unpaired) electrons. The van der Waals surface area contributed by atoms with Gasteiger partial charge in [-0.15, -0.1) is 11.3 Å². The molecule has 0 spiro atoms. The van der Waals surface area contributed by atoms with E-state index in [1.807, 2.05) is 30.3 Å². The van der Waals surface area contributed by atoms with E-state index < -0.39 is 10.0 Å². The number of amides is 1. The van der Waals surface area contributed by atoms with Gasteiger partial charge in [-0.05, 0) is 41.6 Å². The molecular weight excluding hydrogens is 466 g/mol. The maximum absolute atomic E-state index is 12.7. The highest BCUT2D eigenvalue weighted by molar-refractivity contribution is 7.94. The van der Waals surface area contributed by atoms with Crippen LogP contribution in [0.1, 0.15) is 12.0 Å². The lowest BCUT2D eigenvalue weighted by Crippen LogP contribution is -2.14. The number of carbonyl (C=O) groups excluding carboxylic acids is 1. The summed E-state index contributed by atoms with van der Waals surface area (Å²) in [7, 11) is -3.77. The molecule has 0 bridgehead atoms. The van der Waals surface area contributed by atoms with Crippen LogP contribution in [0.25, 0.3) is 11.3 Å². The van der Waals surface area contributed by atoms with Crippen molar-refractivity contribution in [1.82, 2.24) is 4.98 Å². The molecule has 1 amide bonds. The number of carbonyl (C=O) groups is 1. The van der Waals surface area contributed by atoms with Crippen molar-refractivity contribution in [3.8, 4) is 11.3 Å². The van der Waals surface area contributed by atoms with E-state index in [1.54, 1.807) is 35.0 Å². The van der Waals surface area contributed by atoms with Gasteiger partial charge in [-0.2, -0.15) is 0 Å². The summed E-state index contributed by atoms with van der Waals surface area (Å²) in [6.07, 6.45) is 0.863. The van der Waals surface area contributed by atoms with E-state index in [4.69, 9.17) is 0 Å². The van der Waals surface area contributed by atoms with Gasteiger partial charge in [0, 0.05) is 23.1 Å². The van der Waals surface area contributed by atoms with Crippen LogP contribution in [0.15, 0.2) is 80.4 Å². The Hall–Kier alpha value is -3.21. The third-order valence-electron chi connectivity index (χ3n) is 4.54. The van der Waals surface area contributed by atoms with Gasteiger partial charge < -0.3 is 10.3 Å². The summed E-state index contributed by atoms with van der Waals surface area (Å²) >= 11 is 2.11. The number of hydrogen-bond acceptors (Lipinski definition) is 6. The lowest BCUT2D eigenvalue weighted by atomic mass is 10.1. The molecule has 2 aromatic carbocycles. The fraction of sp³-hybridized carbons (Fsp3) is 0.0909. The van der Waals surface area contributed by atoms with Crippen LogP contribution >= 0.6 is 22.7 Å². The predicted molar refractivity (Wildman–Crippen MR) is 129 cm³/mol. The second-order valence-electron chi connectivity index (χ2n) is 6.93. The molecule has 4 rings (SSSR count). The van der Waals surface area contributed by atoms with Gasteiger partial charge in [0.25, 0.3) is 10.0 Å². The lowest BCUT2D eigenvalue weighted by Gasteiger charge is -2.12. The Kier molecular flexibility index (Phi) is 6.54. The van der Waals surface area contributed by atoms with Gasteiger partial charge >= 0.3 is 4.87 Å². The number of hydrogen-bond donors (Lipinski definition) is 3. The van der Waals surface area contributed by atoms with Gasteiger partial charge in [0.2, 0.25) is 5.91 Å². The zero-order valence-electron chi connectivity index (χ0n) is 16.7. The van der Waals surface area contributed by atoms with Crippen LogP contribution in [0.5, 0.6) is 0 Å². The van der Waals surface area contributed by atoms with Crippen LogP contribution in [-0.2, 0) is 21.2 Å². The Morgan fingerprint density at radius 2 is 1.75 bits per heavy atom. The molecular formula is C22H19N3O4S3. The first-order valence-electron chi connectivity index (χ1n) is 9.62. The quantitative estimate of drug-likeness (QED) is 0.341. The van der Waals surface area contributed by atoms with Crippen LogP contribution in [-0.4, -0.2) is 19.3 Å². The van der Waals surface area contributed by atoms with Gasteiger partial charge in [0.1, 0.15) is 4.21 Å². The van der Waals surface area contributed by atoms with Crippen molar-refractivity contribution < 1.29 is 13.2 Å². The van der Waals surface area contributed by atoms with E-state index in [9.17, 15) is 18.0 Å². The van der Waals surface area contributed by atoms with E-state index in [-0.39, 0.29) is 27.1 Å². The average Bonchev–Trinajstić information content (AvgIpc) is 3.45. The molecule has 0 saturated heterocycles. The number of thiophene rings is 1. The minimum atomic E-state index is -3.77. The van der Waals surface area contributed by atoms with E-state index in [0.29, 0.717) is 23.4 Å². The summed E-state index contributed by atoms with van der Waals surface area (Å²) in [4.78, 5) is 26.6. The molecule has 2 aromatic heterocycles. The van der Waals surface area contributed by atoms with Crippen LogP contribution < -0.4 is 14.9 Å². The van der Waals surface area contributed by atoms with Crippen molar-refractivity contribution in [2.75, 3.05) is 10.0 Å². The van der Waals surface area contributed by atoms with Gasteiger partial charge in [-0.25, -0.2) is 8.42 Å². The molecule has 164 valence electrons. The minimum Gasteiger partial charge on any atom is -0.326 e. The maximum Gasteiger partial charge on any atom is 0.304 e. The minimum absolute atomic E-state index is 0.181. The second-order valence-corrected chi connectivity index (χ2v) is 10.6. The lowest BCUT2D eigenvalue weighted by molar-refractivity contribution is -0.116. The maximum atomic E-state index is 12.7. The third-order valence-corrected chi connectivity index (χ3v) is 7.99. The fourth-order valence-corrected chi connectivity index (χ4v) is 5.71. The standard InChI is InChI=1S/C22H19N3O4S3/c26-20(9-8-15-5-2-1-3-6-15)23-17-11-16(19-14-31-22(27)24-19)12-18(13-17)25-32(28,29)21-7-4-10-30-21/h1-7,10-14,25H,8-9H2,(H,23,26)(H,24,27). The monoisotopic (exact) mass is 485 g/mol. The number of aromatic amines is 1. The summed E-state index contributed by atoms with van der Waals surface area (Å²) < 4.78 is 28.1. The van der Waals surface area contributed by atoms with Crippen molar-refractivity contribution in [1.29, 1.82) is 0 Å². The largest absolute Gasteiger partial charge is 0.326 e. The second kappa shape index (κ2) is 9.51. The molecule has 0 aliphatic carbocycles. The number of rotatable bonds is 8. The van der Waals surface area contributed by atoms with Crippen LogP contribution in [0, 0.1) is 0 Å². The first-order chi connectivity index (χ1) is 15.4. The highest BCUT2D eigenvalue weighted by Crippen LogP contribution is 2.29. The van der Waals surface area contributed by atoms with Gasteiger partial charge in [-0.1, -0.05) is 47.7 Å². The average molecular weight is 486 g/mol. The Labute approximate surface area is 192 Å². The first kappa shape index (κ1) is 22.0. The van der Waals surface area contributed by atoms with Gasteiger partial charge in [0.05, 0.1) is 11.4 Å². The number of thiazole rings is 1. The molecule has 2 heterocycles. The van der Waals surface area contributed by atoms with Crippen LogP contribution in [0.4, 0.5) is 11.4 Å². The topological polar surface area (TPSA) is 108 Å². The Balaban J connectivity index is 1.58. The number of nitrogens with one attached hydrogen (secondary N) is 3.